The van der Waals surface area contributed by atoms with Crippen LogP contribution in [0.2, 0.25) is 5.15 Å². The third-order valence-corrected chi connectivity index (χ3v) is 3.29. The normalized spacial score (nSPS) is 10.7. The van der Waals surface area contributed by atoms with E-state index >= 15 is 0 Å². The zero-order valence-electron chi connectivity index (χ0n) is 12.5. The summed E-state index contributed by atoms with van der Waals surface area (Å²) in [5.74, 6) is 0. The van der Waals surface area contributed by atoms with Crippen LogP contribution in [0.25, 0.3) is 6.08 Å². The van der Waals surface area contributed by atoms with Crippen molar-refractivity contribution in [3.63, 3.8) is 0 Å². The standard InChI is InChI=1S/C17H18ClN3O2/c18-16-14(10-15(19)11-21-16)8-4-5-9-20-17(22)23-12-13-6-2-1-3-7-13/h1-4,6-8,10-11H,5,9,12,19H2,(H,20,22). The first-order chi connectivity index (χ1) is 11.1. The molecule has 0 aliphatic heterocycles. The summed E-state index contributed by atoms with van der Waals surface area (Å²) in [5, 5.41) is 3.07. The van der Waals surface area contributed by atoms with E-state index in [0.717, 1.165) is 11.1 Å². The number of rotatable bonds is 6. The molecule has 0 bridgehead atoms. The number of carbonyl (C=O) groups excluding carboxylic acids is 1. The van der Waals surface area contributed by atoms with Gasteiger partial charge in [-0.2, -0.15) is 0 Å². The molecule has 1 aromatic carbocycles. The number of carbonyl (C=O) groups is 1. The highest BCUT2D eigenvalue weighted by Crippen LogP contribution is 2.17. The van der Waals surface area contributed by atoms with Crippen molar-refractivity contribution in [1.82, 2.24) is 10.3 Å². The van der Waals surface area contributed by atoms with Gasteiger partial charge >= 0.3 is 6.09 Å². The fraction of sp³-hybridized carbons (Fsp3) is 0.176. The Morgan fingerprint density at radius 1 is 1.35 bits per heavy atom. The minimum atomic E-state index is -0.439. The van der Waals surface area contributed by atoms with Gasteiger partial charge in [-0.15, -0.1) is 0 Å². The Morgan fingerprint density at radius 2 is 2.13 bits per heavy atom. The average Bonchev–Trinajstić information content (AvgIpc) is 2.56. The molecule has 0 saturated heterocycles. The fourth-order valence-corrected chi connectivity index (χ4v) is 2.01. The molecule has 0 atom stereocenters. The van der Waals surface area contributed by atoms with E-state index in [1.54, 1.807) is 6.07 Å². The van der Waals surface area contributed by atoms with E-state index in [4.69, 9.17) is 22.1 Å². The molecule has 5 nitrogen and oxygen atoms in total. The highest BCUT2D eigenvalue weighted by molar-refractivity contribution is 6.30. The number of aromatic nitrogens is 1. The van der Waals surface area contributed by atoms with Crippen molar-refractivity contribution in [2.75, 3.05) is 12.3 Å². The van der Waals surface area contributed by atoms with Crippen LogP contribution in [0.5, 0.6) is 0 Å². The maximum absolute atomic E-state index is 11.5. The van der Waals surface area contributed by atoms with Gasteiger partial charge in [-0.05, 0) is 18.1 Å². The van der Waals surface area contributed by atoms with Crippen molar-refractivity contribution >= 4 is 29.5 Å². The summed E-state index contributed by atoms with van der Waals surface area (Å²) in [6.45, 7) is 0.727. The van der Waals surface area contributed by atoms with Gasteiger partial charge in [-0.3, -0.25) is 0 Å². The number of ether oxygens (including phenoxy) is 1. The number of nitrogens with zero attached hydrogens (tertiary/aromatic N) is 1. The van der Waals surface area contributed by atoms with Gasteiger partial charge < -0.3 is 15.8 Å². The molecular weight excluding hydrogens is 314 g/mol. The number of nitrogens with two attached hydrogens (primary N) is 1. The second-order valence-electron chi connectivity index (χ2n) is 4.83. The first-order valence-corrected chi connectivity index (χ1v) is 7.55. The van der Waals surface area contributed by atoms with Crippen LogP contribution in [0, 0.1) is 0 Å². The second kappa shape index (κ2) is 8.80. The molecule has 23 heavy (non-hydrogen) atoms. The van der Waals surface area contributed by atoms with E-state index in [9.17, 15) is 4.79 Å². The number of nitrogens with one attached hydrogen (secondary N) is 1. The van der Waals surface area contributed by atoms with Gasteiger partial charge in [0.25, 0.3) is 0 Å². The topological polar surface area (TPSA) is 77.2 Å². The predicted octanol–water partition coefficient (Wildman–Crippen LogP) is 3.65. The van der Waals surface area contributed by atoms with Gasteiger partial charge in [0.15, 0.2) is 0 Å². The van der Waals surface area contributed by atoms with E-state index in [1.165, 1.54) is 6.20 Å². The number of pyridine rings is 1. The quantitative estimate of drug-likeness (QED) is 0.625. The molecule has 2 aromatic rings. The molecule has 1 aromatic heterocycles. The lowest BCUT2D eigenvalue weighted by Gasteiger charge is -2.06. The number of halogens is 1. The molecule has 6 heteroatoms. The highest BCUT2D eigenvalue weighted by Gasteiger charge is 2.01. The molecular formula is C17H18ClN3O2. The summed E-state index contributed by atoms with van der Waals surface area (Å²) in [5.41, 5.74) is 7.90. The summed E-state index contributed by atoms with van der Waals surface area (Å²) in [6.07, 6.45) is 5.42. The van der Waals surface area contributed by atoms with Gasteiger partial charge in [0, 0.05) is 12.1 Å². The van der Waals surface area contributed by atoms with Crippen LogP contribution in [0.3, 0.4) is 0 Å². The zero-order chi connectivity index (χ0) is 16.5. The Hall–Kier alpha value is -2.53. The SMILES string of the molecule is Nc1cnc(Cl)c(C=CCCNC(=O)OCc2ccccc2)c1. The number of nitrogen functional groups attached to an aromatic ring is 1. The van der Waals surface area contributed by atoms with Crippen molar-refractivity contribution in [1.29, 1.82) is 0 Å². The van der Waals surface area contributed by atoms with Gasteiger partial charge in [0.2, 0.25) is 0 Å². The second-order valence-corrected chi connectivity index (χ2v) is 5.19. The molecule has 1 amide bonds. The Morgan fingerprint density at radius 3 is 2.91 bits per heavy atom. The summed E-state index contributed by atoms with van der Waals surface area (Å²) in [6, 6.07) is 11.3. The molecule has 120 valence electrons. The maximum atomic E-state index is 11.5. The van der Waals surface area contributed by atoms with Crippen molar-refractivity contribution in [3.8, 4) is 0 Å². The Balaban J connectivity index is 1.67. The van der Waals surface area contributed by atoms with E-state index in [2.05, 4.69) is 10.3 Å². The largest absolute Gasteiger partial charge is 0.445 e. The Kier molecular flexibility index (Phi) is 6.44. The van der Waals surface area contributed by atoms with E-state index < -0.39 is 6.09 Å². The molecule has 0 aliphatic rings. The molecule has 0 saturated carbocycles. The molecule has 0 aliphatic carbocycles. The average molecular weight is 332 g/mol. The van der Waals surface area contributed by atoms with Gasteiger partial charge in [-0.25, -0.2) is 9.78 Å². The first kappa shape index (κ1) is 16.8. The molecule has 0 radical (unpaired) electrons. The zero-order valence-corrected chi connectivity index (χ0v) is 13.3. The molecule has 2 rings (SSSR count). The number of amides is 1. The maximum Gasteiger partial charge on any atom is 0.407 e. The van der Waals surface area contributed by atoms with E-state index in [1.807, 2.05) is 42.5 Å². The minimum Gasteiger partial charge on any atom is -0.445 e. The number of anilines is 1. The fourth-order valence-electron chi connectivity index (χ4n) is 1.84. The van der Waals surface area contributed by atoms with Crippen molar-refractivity contribution in [3.05, 3.63) is 65.0 Å². The summed E-state index contributed by atoms with van der Waals surface area (Å²) < 4.78 is 5.11. The number of alkyl carbamates (subject to hydrolysis) is 1. The molecule has 1 heterocycles. The Labute approximate surface area is 140 Å². The van der Waals surface area contributed by atoms with Crippen LogP contribution < -0.4 is 11.1 Å². The van der Waals surface area contributed by atoms with Crippen LogP contribution in [-0.4, -0.2) is 17.6 Å². The monoisotopic (exact) mass is 331 g/mol. The highest BCUT2D eigenvalue weighted by atomic mass is 35.5. The van der Waals surface area contributed by atoms with Crippen LogP contribution in [0.15, 0.2) is 48.7 Å². The van der Waals surface area contributed by atoms with Crippen molar-refractivity contribution in [2.24, 2.45) is 0 Å². The lowest BCUT2D eigenvalue weighted by Crippen LogP contribution is -2.24. The van der Waals surface area contributed by atoms with Crippen LogP contribution >= 0.6 is 11.6 Å². The third kappa shape index (κ3) is 6.00. The number of hydrogen-bond donors (Lipinski definition) is 2. The summed E-state index contributed by atoms with van der Waals surface area (Å²) in [7, 11) is 0. The van der Waals surface area contributed by atoms with Gasteiger partial charge in [-0.1, -0.05) is 54.1 Å². The number of benzene rings is 1. The van der Waals surface area contributed by atoms with Gasteiger partial charge in [0.1, 0.15) is 11.8 Å². The molecule has 3 N–H and O–H groups in total. The minimum absolute atomic E-state index is 0.257. The van der Waals surface area contributed by atoms with Gasteiger partial charge in [0.05, 0.1) is 11.9 Å². The molecule has 0 unspecified atom stereocenters. The first-order valence-electron chi connectivity index (χ1n) is 7.17. The van der Waals surface area contributed by atoms with Crippen molar-refractivity contribution < 1.29 is 9.53 Å². The number of hydrogen-bond acceptors (Lipinski definition) is 4. The summed E-state index contributed by atoms with van der Waals surface area (Å²) in [4.78, 5) is 15.5. The summed E-state index contributed by atoms with van der Waals surface area (Å²) >= 11 is 5.95. The lowest BCUT2D eigenvalue weighted by molar-refractivity contribution is 0.140. The van der Waals surface area contributed by atoms with Crippen LogP contribution in [0.4, 0.5) is 10.5 Å². The van der Waals surface area contributed by atoms with E-state index in [-0.39, 0.29) is 6.61 Å². The lowest BCUT2D eigenvalue weighted by atomic mass is 10.2. The molecule has 0 spiro atoms. The Bertz CT molecular complexity index is 675. The smallest absolute Gasteiger partial charge is 0.407 e. The van der Waals surface area contributed by atoms with Crippen LogP contribution in [-0.2, 0) is 11.3 Å². The molecule has 0 fully saturated rings. The third-order valence-electron chi connectivity index (χ3n) is 2.98. The predicted molar refractivity (Wildman–Crippen MR) is 91.9 cm³/mol. The van der Waals surface area contributed by atoms with E-state index in [0.29, 0.717) is 23.8 Å². The van der Waals surface area contributed by atoms with Crippen molar-refractivity contribution in [2.45, 2.75) is 13.0 Å². The van der Waals surface area contributed by atoms with Crippen LogP contribution in [0.1, 0.15) is 17.5 Å².